The Kier molecular flexibility index (Phi) is 5.14. The molecule has 1 aromatic heterocycles. The first-order chi connectivity index (χ1) is 14.2. The van der Waals surface area contributed by atoms with Gasteiger partial charge < -0.3 is 9.64 Å². The molecule has 0 aliphatic carbocycles. The summed E-state index contributed by atoms with van der Waals surface area (Å²) in [7, 11) is 0. The molecule has 2 bridgehead atoms. The van der Waals surface area contributed by atoms with Crippen LogP contribution in [0.3, 0.4) is 0 Å². The molecule has 5 heterocycles. The number of aryl methyl sites for hydroxylation is 1. The van der Waals surface area contributed by atoms with Gasteiger partial charge in [0.1, 0.15) is 5.69 Å². The Morgan fingerprint density at radius 2 is 1.83 bits per heavy atom. The number of H-pyrrole nitrogens is 1. The Morgan fingerprint density at radius 1 is 1.03 bits per heavy atom. The number of piperidine rings is 1. The second-order valence-electron chi connectivity index (χ2n) is 8.89. The van der Waals surface area contributed by atoms with Crippen molar-refractivity contribution in [3.8, 4) is 11.3 Å². The minimum Gasteiger partial charge on any atom is -0.381 e. The number of carbonyl (C=O) groups excluding carboxylic acids is 1. The summed E-state index contributed by atoms with van der Waals surface area (Å²) in [6, 6.07) is 11.1. The van der Waals surface area contributed by atoms with Gasteiger partial charge in [-0.05, 0) is 44.6 Å². The zero-order valence-electron chi connectivity index (χ0n) is 17.1. The van der Waals surface area contributed by atoms with E-state index in [0.717, 1.165) is 63.4 Å². The van der Waals surface area contributed by atoms with E-state index in [-0.39, 0.29) is 5.91 Å². The summed E-state index contributed by atoms with van der Waals surface area (Å²) in [4.78, 5) is 18.1. The monoisotopic (exact) mass is 394 g/mol. The van der Waals surface area contributed by atoms with E-state index in [1.807, 2.05) is 6.07 Å². The average molecular weight is 395 g/mol. The zero-order valence-corrected chi connectivity index (χ0v) is 17.1. The van der Waals surface area contributed by atoms with E-state index in [9.17, 15) is 4.79 Å². The van der Waals surface area contributed by atoms with Crippen molar-refractivity contribution in [2.24, 2.45) is 5.92 Å². The summed E-state index contributed by atoms with van der Waals surface area (Å²) in [6.07, 6.45) is 4.57. The summed E-state index contributed by atoms with van der Waals surface area (Å²) in [6.45, 7) is 6.78. The van der Waals surface area contributed by atoms with Crippen molar-refractivity contribution in [3.05, 3.63) is 41.6 Å². The quantitative estimate of drug-likeness (QED) is 0.869. The van der Waals surface area contributed by atoms with Crippen LogP contribution in [0.15, 0.2) is 30.3 Å². The van der Waals surface area contributed by atoms with Gasteiger partial charge in [-0.25, -0.2) is 0 Å². The van der Waals surface area contributed by atoms with Crippen molar-refractivity contribution in [1.82, 2.24) is 20.0 Å². The van der Waals surface area contributed by atoms with Crippen LogP contribution in [-0.4, -0.2) is 70.8 Å². The van der Waals surface area contributed by atoms with Crippen LogP contribution in [-0.2, 0) is 4.74 Å². The van der Waals surface area contributed by atoms with Crippen LogP contribution in [0.25, 0.3) is 11.3 Å². The number of hydrogen-bond donors (Lipinski definition) is 1. The third-order valence-corrected chi connectivity index (χ3v) is 6.87. The van der Waals surface area contributed by atoms with Crippen molar-refractivity contribution >= 4 is 5.91 Å². The van der Waals surface area contributed by atoms with E-state index in [4.69, 9.17) is 4.74 Å². The van der Waals surface area contributed by atoms with Crippen molar-refractivity contribution < 1.29 is 9.53 Å². The highest BCUT2D eigenvalue weighted by Crippen LogP contribution is 2.32. The predicted molar refractivity (Wildman–Crippen MR) is 112 cm³/mol. The Balaban J connectivity index is 1.32. The lowest BCUT2D eigenvalue weighted by atomic mass is 9.94. The molecule has 4 aliphatic heterocycles. The second-order valence-corrected chi connectivity index (χ2v) is 8.89. The number of ether oxygens (including phenoxy) is 1. The number of carbonyl (C=O) groups is 1. The fraction of sp³-hybridized carbons (Fsp3) is 0.565. The highest BCUT2D eigenvalue weighted by molar-refractivity contribution is 5.93. The largest absolute Gasteiger partial charge is 0.381 e. The molecule has 6 rings (SSSR count). The number of nitrogens with zero attached hydrogens (tertiary/aromatic N) is 3. The maximum Gasteiger partial charge on any atom is 0.272 e. The highest BCUT2D eigenvalue weighted by atomic mass is 16.5. The number of nitrogens with one attached hydrogen (secondary N) is 1. The molecule has 154 valence electrons. The van der Waals surface area contributed by atoms with Crippen LogP contribution in [0.2, 0.25) is 0 Å². The Hall–Kier alpha value is -2.18. The van der Waals surface area contributed by atoms with E-state index < -0.39 is 0 Å². The maximum absolute atomic E-state index is 13.3. The molecule has 0 radical (unpaired) electrons. The first-order valence-electron chi connectivity index (χ1n) is 10.9. The molecule has 6 nitrogen and oxygen atoms in total. The highest BCUT2D eigenvalue weighted by Gasteiger charge is 2.39. The predicted octanol–water partition coefficient (Wildman–Crippen LogP) is 3.10. The number of benzene rings is 1. The SMILES string of the molecule is Cc1ccc(-c2cc(C(=O)N3C[C@H]4CC[C@@H]3CN(C3CCOCC3)C4)[nH]n2)cc1. The third kappa shape index (κ3) is 3.83. The van der Waals surface area contributed by atoms with E-state index in [1.165, 1.54) is 12.0 Å². The summed E-state index contributed by atoms with van der Waals surface area (Å²) >= 11 is 0. The molecule has 1 aromatic carbocycles. The number of fused-ring (bicyclic) bond motifs is 4. The van der Waals surface area contributed by atoms with Gasteiger partial charge in [0.2, 0.25) is 0 Å². The van der Waals surface area contributed by atoms with Gasteiger partial charge in [0, 0.05) is 50.5 Å². The molecule has 0 spiro atoms. The van der Waals surface area contributed by atoms with E-state index in [0.29, 0.717) is 23.7 Å². The standard InChI is InChI=1S/C23H30N4O2/c1-16-2-5-18(6-3-16)21-12-22(25-24-21)23(28)27-14-17-4-7-20(27)15-26(13-17)19-8-10-29-11-9-19/h2-3,5-6,12,17,19-20H,4,7-11,13-15H2,1H3,(H,24,25)/t17-,20+/m0/s1. The van der Waals surface area contributed by atoms with Gasteiger partial charge in [0.05, 0.1) is 5.69 Å². The van der Waals surface area contributed by atoms with Gasteiger partial charge in [-0.2, -0.15) is 5.10 Å². The summed E-state index contributed by atoms with van der Waals surface area (Å²) < 4.78 is 5.55. The molecular formula is C23H30N4O2. The van der Waals surface area contributed by atoms with Crippen molar-refractivity contribution in [2.45, 2.75) is 44.7 Å². The number of amides is 1. The molecule has 4 aliphatic rings. The van der Waals surface area contributed by atoms with Crippen LogP contribution in [0.5, 0.6) is 0 Å². The summed E-state index contributed by atoms with van der Waals surface area (Å²) in [5, 5.41) is 7.41. The fourth-order valence-corrected chi connectivity index (χ4v) is 5.17. The van der Waals surface area contributed by atoms with Crippen LogP contribution < -0.4 is 0 Å². The Morgan fingerprint density at radius 3 is 2.62 bits per heavy atom. The molecule has 29 heavy (non-hydrogen) atoms. The van der Waals surface area contributed by atoms with Gasteiger partial charge in [0.15, 0.2) is 0 Å². The molecule has 0 saturated carbocycles. The molecule has 4 fully saturated rings. The van der Waals surface area contributed by atoms with Crippen LogP contribution in [0.1, 0.15) is 41.7 Å². The molecule has 1 amide bonds. The first kappa shape index (κ1) is 18.8. The summed E-state index contributed by atoms with van der Waals surface area (Å²) in [5.41, 5.74) is 3.69. The van der Waals surface area contributed by atoms with Crippen LogP contribution in [0.4, 0.5) is 0 Å². The smallest absolute Gasteiger partial charge is 0.272 e. The van der Waals surface area contributed by atoms with Crippen molar-refractivity contribution in [3.63, 3.8) is 0 Å². The average Bonchev–Trinajstić information content (AvgIpc) is 3.06. The van der Waals surface area contributed by atoms with E-state index in [2.05, 4.69) is 51.2 Å². The topological polar surface area (TPSA) is 61.5 Å². The Labute approximate surface area is 172 Å². The first-order valence-corrected chi connectivity index (χ1v) is 10.9. The van der Waals surface area contributed by atoms with Gasteiger partial charge in [-0.3, -0.25) is 14.8 Å². The second kappa shape index (κ2) is 7.92. The molecule has 0 unspecified atom stereocenters. The Bertz CT molecular complexity index is 856. The van der Waals surface area contributed by atoms with Crippen molar-refractivity contribution in [2.75, 3.05) is 32.8 Å². The number of rotatable bonds is 3. The van der Waals surface area contributed by atoms with Gasteiger partial charge in [-0.1, -0.05) is 29.8 Å². The van der Waals surface area contributed by atoms with E-state index in [1.54, 1.807) is 0 Å². The molecule has 1 N–H and O–H groups in total. The van der Waals surface area contributed by atoms with Gasteiger partial charge >= 0.3 is 0 Å². The van der Waals surface area contributed by atoms with Crippen LogP contribution in [0, 0.1) is 12.8 Å². The lowest BCUT2D eigenvalue weighted by Crippen LogP contribution is -2.48. The van der Waals surface area contributed by atoms with Crippen molar-refractivity contribution in [1.29, 1.82) is 0 Å². The molecule has 6 heteroatoms. The maximum atomic E-state index is 13.3. The minimum absolute atomic E-state index is 0.0967. The number of hydrogen-bond acceptors (Lipinski definition) is 4. The molecule has 4 saturated heterocycles. The molecular weight excluding hydrogens is 364 g/mol. The van der Waals surface area contributed by atoms with Gasteiger partial charge in [-0.15, -0.1) is 0 Å². The van der Waals surface area contributed by atoms with E-state index >= 15 is 0 Å². The zero-order chi connectivity index (χ0) is 19.8. The van der Waals surface area contributed by atoms with Crippen LogP contribution >= 0.6 is 0 Å². The normalized spacial score (nSPS) is 25.9. The lowest BCUT2D eigenvalue weighted by molar-refractivity contribution is 0.0304. The lowest BCUT2D eigenvalue weighted by Gasteiger charge is -2.36. The number of aromatic nitrogens is 2. The minimum atomic E-state index is 0.0967. The summed E-state index contributed by atoms with van der Waals surface area (Å²) in [5.74, 6) is 0.666. The van der Waals surface area contributed by atoms with Gasteiger partial charge in [0.25, 0.3) is 5.91 Å². The molecule has 2 aromatic rings. The third-order valence-electron chi connectivity index (χ3n) is 6.87. The fourth-order valence-electron chi connectivity index (χ4n) is 5.17. The molecule has 2 atom stereocenters. The number of aromatic amines is 1.